The van der Waals surface area contributed by atoms with Crippen LogP contribution in [-0.2, 0) is 0 Å². The van der Waals surface area contributed by atoms with Gasteiger partial charge in [-0.1, -0.05) is 12.1 Å². The Morgan fingerprint density at radius 1 is 1.23 bits per heavy atom. The number of aryl methyl sites for hydroxylation is 1. The molecule has 0 saturated carbocycles. The molecule has 9 heteroatoms. The van der Waals surface area contributed by atoms with Crippen molar-refractivity contribution in [3.05, 3.63) is 64.5 Å². The van der Waals surface area contributed by atoms with Crippen molar-refractivity contribution < 1.29 is 4.92 Å². The molecule has 154 valence electrons. The number of hydrogen-bond donors (Lipinski definition) is 0. The van der Waals surface area contributed by atoms with Crippen LogP contribution < -0.4 is 9.80 Å². The van der Waals surface area contributed by atoms with E-state index in [1.807, 2.05) is 32.2 Å². The molecule has 1 saturated heterocycles. The lowest BCUT2D eigenvalue weighted by molar-refractivity contribution is -0.384. The van der Waals surface area contributed by atoms with E-state index in [1.54, 1.807) is 18.3 Å². The second-order valence-corrected chi connectivity index (χ2v) is 7.45. The number of nitrogens with zero attached hydrogens (tertiary/aromatic N) is 7. The van der Waals surface area contributed by atoms with Crippen molar-refractivity contribution in [1.29, 1.82) is 0 Å². The molecule has 1 fully saturated rings. The number of benzene rings is 1. The van der Waals surface area contributed by atoms with Gasteiger partial charge < -0.3 is 9.80 Å². The standard InChI is InChI=1S/C21H23N7O2/c1-15-12-20(24-21(23-15)16-6-3-7-17(13-16)28(29)30)26(2)14-18-8-5-11-27(18)19-9-4-10-22-25-19/h3-4,6-7,9-10,12-13,18H,5,8,11,14H2,1-2H3. The zero-order chi connectivity index (χ0) is 21.1. The van der Waals surface area contributed by atoms with Crippen LogP contribution in [0.25, 0.3) is 11.4 Å². The lowest BCUT2D eigenvalue weighted by atomic mass is 10.2. The molecular weight excluding hydrogens is 382 g/mol. The molecule has 0 amide bonds. The van der Waals surface area contributed by atoms with Crippen LogP contribution in [-0.4, -0.2) is 51.3 Å². The van der Waals surface area contributed by atoms with Crippen molar-refractivity contribution in [2.45, 2.75) is 25.8 Å². The monoisotopic (exact) mass is 405 g/mol. The van der Waals surface area contributed by atoms with Gasteiger partial charge >= 0.3 is 0 Å². The Morgan fingerprint density at radius 3 is 2.87 bits per heavy atom. The van der Waals surface area contributed by atoms with Crippen molar-refractivity contribution in [2.24, 2.45) is 0 Å². The lowest BCUT2D eigenvalue weighted by Crippen LogP contribution is -2.39. The first-order valence-electron chi connectivity index (χ1n) is 9.87. The Kier molecular flexibility index (Phi) is 5.51. The third-order valence-electron chi connectivity index (χ3n) is 5.26. The van der Waals surface area contributed by atoms with Gasteiger partial charge in [-0.25, -0.2) is 9.97 Å². The minimum Gasteiger partial charge on any atom is -0.357 e. The lowest BCUT2D eigenvalue weighted by Gasteiger charge is -2.30. The van der Waals surface area contributed by atoms with E-state index in [1.165, 1.54) is 12.1 Å². The highest BCUT2D eigenvalue weighted by molar-refractivity contribution is 5.61. The molecule has 9 nitrogen and oxygen atoms in total. The zero-order valence-corrected chi connectivity index (χ0v) is 17.0. The van der Waals surface area contributed by atoms with Crippen molar-refractivity contribution in [3.63, 3.8) is 0 Å². The van der Waals surface area contributed by atoms with Crippen LogP contribution >= 0.6 is 0 Å². The molecule has 0 aliphatic carbocycles. The summed E-state index contributed by atoms with van der Waals surface area (Å²) in [5.74, 6) is 2.16. The number of hydrogen-bond acceptors (Lipinski definition) is 8. The molecule has 1 aromatic carbocycles. The summed E-state index contributed by atoms with van der Waals surface area (Å²) in [6.07, 6.45) is 3.86. The van der Waals surface area contributed by atoms with E-state index < -0.39 is 4.92 Å². The summed E-state index contributed by atoms with van der Waals surface area (Å²) in [5.41, 5.74) is 1.47. The van der Waals surface area contributed by atoms with Gasteiger partial charge in [0, 0.05) is 61.8 Å². The van der Waals surface area contributed by atoms with Crippen LogP contribution in [0.3, 0.4) is 0 Å². The van der Waals surface area contributed by atoms with Gasteiger partial charge in [0.1, 0.15) is 5.82 Å². The molecule has 1 unspecified atom stereocenters. The van der Waals surface area contributed by atoms with Gasteiger partial charge in [0.2, 0.25) is 0 Å². The normalized spacial score (nSPS) is 15.9. The highest BCUT2D eigenvalue weighted by Gasteiger charge is 2.27. The summed E-state index contributed by atoms with van der Waals surface area (Å²) in [4.78, 5) is 24.3. The molecule has 0 N–H and O–H groups in total. The summed E-state index contributed by atoms with van der Waals surface area (Å²) in [5, 5.41) is 19.4. The Morgan fingerprint density at radius 2 is 2.10 bits per heavy atom. The number of nitro benzene ring substituents is 1. The number of rotatable bonds is 6. The van der Waals surface area contributed by atoms with Gasteiger partial charge in [-0.05, 0) is 31.9 Å². The van der Waals surface area contributed by atoms with Crippen molar-refractivity contribution >= 4 is 17.3 Å². The van der Waals surface area contributed by atoms with Crippen LogP contribution in [0.1, 0.15) is 18.5 Å². The number of non-ortho nitro benzene ring substituents is 1. The maximum absolute atomic E-state index is 11.1. The third-order valence-corrected chi connectivity index (χ3v) is 5.26. The molecule has 0 spiro atoms. The van der Waals surface area contributed by atoms with E-state index in [9.17, 15) is 10.1 Å². The highest BCUT2D eigenvalue weighted by Crippen LogP contribution is 2.26. The molecule has 1 aliphatic heterocycles. The average Bonchev–Trinajstić information content (AvgIpc) is 3.22. The van der Waals surface area contributed by atoms with Crippen LogP contribution in [0, 0.1) is 17.0 Å². The first-order valence-corrected chi connectivity index (χ1v) is 9.87. The molecule has 3 heterocycles. The van der Waals surface area contributed by atoms with Crippen molar-refractivity contribution in [3.8, 4) is 11.4 Å². The summed E-state index contributed by atoms with van der Waals surface area (Å²) >= 11 is 0. The Balaban J connectivity index is 1.57. The molecule has 1 aliphatic rings. The summed E-state index contributed by atoms with van der Waals surface area (Å²) < 4.78 is 0. The molecule has 30 heavy (non-hydrogen) atoms. The number of nitro groups is 1. The van der Waals surface area contributed by atoms with Gasteiger partial charge in [-0.2, -0.15) is 5.10 Å². The Bertz CT molecular complexity index is 1040. The Hall–Kier alpha value is -3.62. The summed E-state index contributed by atoms with van der Waals surface area (Å²) in [6, 6.07) is 12.5. The first-order chi connectivity index (χ1) is 14.5. The van der Waals surface area contributed by atoms with E-state index >= 15 is 0 Å². The topological polar surface area (TPSA) is 101 Å². The maximum atomic E-state index is 11.1. The van der Waals surface area contributed by atoms with E-state index in [2.05, 4.69) is 30.0 Å². The predicted molar refractivity (Wildman–Crippen MR) is 115 cm³/mol. The minimum absolute atomic E-state index is 0.0260. The van der Waals surface area contributed by atoms with Crippen LogP contribution in [0.5, 0.6) is 0 Å². The number of likely N-dealkylation sites (N-methyl/N-ethyl adjacent to an activating group) is 1. The summed E-state index contributed by atoms with van der Waals surface area (Å²) in [6.45, 7) is 3.64. The van der Waals surface area contributed by atoms with Gasteiger partial charge in [-0.3, -0.25) is 10.1 Å². The van der Waals surface area contributed by atoms with Gasteiger partial charge in [0.05, 0.1) is 4.92 Å². The van der Waals surface area contributed by atoms with Crippen LogP contribution in [0.4, 0.5) is 17.3 Å². The summed E-state index contributed by atoms with van der Waals surface area (Å²) in [7, 11) is 2.01. The Labute approximate surface area is 174 Å². The number of aromatic nitrogens is 4. The highest BCUT2D eigenvalue weighted by atomic mass is 16.6. The van der Waals surface area contributed by atoms with Crippen molar-refractivity contribution in [1.82, 2.24) is 20.2 Å². The van der Waals surface area contributed by atoms with Gasteiger partial charge in [0.25, 0.3) is 5.69 Å². The zero-order valence-electron chi connectivity index (χ0n) is 17.0. The second kappa shape index (κ2) is 8.40. The molecule has 0 radical (unpaired) electrons. The smallest absolute Gasteiger partial charge is 0.270 e. The van der Waals surface area contributed by atoms with Crippen LogP contribution in [0.15, 0.2) is 48.7 Å². The quantitative estimate of drug-likeness (QED) is 0.455. The molecule has 1 atom stereocenters. The fraction of sp³-hybridized carbons (Fsp3) is 0.333. The average molecular weight is 405 g/mol. The SMILES string of the molecule is Cc1cc(N(C)CC2CCCN2c2cccnn2)nc(-c2cccc([N+](=O)[O-])c2)n1. The minimum atomic E-state index is -0.409. The predicted octanol–water partition coefficient (Wildman–Crippen LogP) is 3.26. The van der Waals surface area contributed by atoms with E-state index in [0.29, 0.717) is 17.4 Å². The molecule has 3 aromatic rings. The van der Waals surface area contributed by atoms with E-state index in [4.69, 9.17) is 0 Å². The van der Waals surface area contributed by atoms with E-state index in [-0.39, 0.29) is 5.69 Å². The fourth-order valence-corrected chi connectivity index (χ4v) is 3.82. The first kappa shape index (κ1) is 19.7. The van der Waals surface area contributed by atoms with Gasteiger partial charge in [0.15, 0.2) is 11.6 Å². The van der Waals surface area contributed by atoms with Gasteiger partial charge in [-0.15, -0.1) is 5.10 Å². The largest absolute Gasteiger partial charge is 0.357 e. The van der Waals surface area contributed by atoms with Crippen LogP contribution in [0.2, 0.25) is 0 Å². The maximum Gasteiger partial charge on any atom is 0.270 e. The molecular formula is C21H23N7O2. The van der Waals surface area contributed by atoms with E-state index in [0.717, 1.165) is 43.3 Å². The molecule has 0 bridgehead atoms. The fourth-order valence-electron chi connectivity index (χ4n) is 3.82. The third kappa shape index (κ3) is 4.19. The van der Waals surface area contributed by atoms with Crippen molar-refractivity contribution in [2.75, 3.05) is 29.9 Å². The molecule has 4 rings (SSSR count). The second-order valence-electron chi connectivity index (χ2n) is 7.45. The number of anilines is 2. The molecule has 2 aromatic heterocycles.